The molecule has 3 aliphatic rings. The highest BCUT2D eigenvalue weighted by molar-refractivity contribution is 6.33. The van der Waals surface area contributed by atoms with Gasteiger partial charge in [0.15, 0.2) is 11.5 Å². The molecule has 0 radical (unpaired) electrons. The van der Waals surface area contributed by atoms with Gasteiger partial charge in [0, 0.05) is 42.9 Å². The molecule has 0 aliphatic carbocycles. The number of rotatable bonds is 6. The Labute approximate surface area is 254 Å². The number of aryl methyl sites for hydroxylation is 1. The molecular formula is C29H28ClN7O7. The quantitative estimate of drug-likeness (QED) is 0.289. The van der Waals surface area contributed by atoms with Gasteiger partial charge in [-0.05, 0) is 19.4 Å². The molecule has 3 aromatic heterocycles. The number of aromatic nitrogens is 4. The zero-order chi connectivity index (χ0) is 30.7. The lowest BCUT2D eigenvalue weighted by molar-refractivity contribution is -0.116. The van der Waals surface area contributed by atoms with Crippen LogP contribution in [0.3, 0.4) is 0 Å². The molecule has 1 fully saturated rings. The van der Waals surface area contributed by atoms with Gasteiger partial charge >= 0.3 is 0 Å². The fraction of sp³-hybridized carbons (Fsp3) is 0.345. The van der Waals surface area contributed by atoms with Gasteiger partial charge in [0.05, 0.1) is 47.1 Å². The van der Waals surface area contributed by atoms with Crippen LogP contribution in [0.5, 0.6) is 17.2 Å². The van der Waals surface area contributed by atoms with Crippen molar-refractivity contribution < 1.29 is 28.9 Å². The second-order valence-electron chi connectivity index (χ2n) is 10.9. The van der Waals surface area contributed by atoms with Crippen LogP contribution in [0.1, 0.15) is 29.5 Å². The molecule has 1 saturated heterocycles. The van der Waals surface area contributed by atoms with E-state index in [1.807, 2.05) is 6.92 Å². The normalized spacial score (nSPS) is 17.2. The van der Waals surface area contributed by atoms with Gasteiger partial charge in [-0.2, -0.15) is 0 Å². The minimum absolute atomic E-state index is 0.0538. The number of pyridine rings is 1. The average Bonchev–Trinajstić information content (AvgIpc) is 3.75. The van der Waals surface area contributed by atoms with Gasteiger partial charge in [0.25, 0.3) is 11.5 Å². The van der Waals surface area contributed by atoms with E-state index in [0.717, 1.165) is 6.42 Å². The Bertz CT molecular complexity index is 1920. The highest BCUT2D eigenvalue weighted by atomic mass is 35.5. The van der Waals surface area contributed by atoms with Gasteiger partial charge in [0.1, 0.15) is 23.8 Å². The Balaban J connectivity index is 1.30. The summed E-state index contributed by atoms with van der Waals surface area (Å²) in [5, 5.41) is 13.9. The highest BCUT2D eigenvalue weighted by Gasteiger charge is 2.31. The summed E-state index contributed by atoms with van der Waals surface area (Å²) in [5.74, 6) is -0.389. The number of nitrogens with two attached hydrogens (primary N) is 1. The summed E-state index contributed by atoms with van der Waals surface area (Å²) in [6.45, 7) is 3.90. The van der Waals surface area contributed by atoms with Crippen LogP contribution >= 0.6 is 11.6 Å². The largest absolute Gasteiger partial charge is 0.504 e. The third-order valence-electron chi connectivity index (χ3n) is 8.10. The summed E-state index contributed by atoms with van der Waals surface area (Å²) in [6.07, 6.45) is 4.47. The fourth-order valence-electron chi connectivity index (χ4n) is 5.99. The molecule has 4 aromatic rings. The molecule has 0 saturated carbocycles. The predicted octanol–water partition coefficient (Wildman–Crippen LogP) is 2.26. The van der Waals surface area contributed by atoms with E-state index in [1.165, 1.54) is 12.3 Å². The smallest absolute Gasteiger partial charge is 0.263 e. The van der Waals surface area contributed by atoms with Gasteiger partial charge in [0.2, 0.25) is 18.4 Å². The Hall–Kier alpha value is -4.82. The van der Waals surface area contributed by atoms with E-state index in [-0.39, 0.29) is 52.4 Å². The van der Waals surface area contributed by atoms with Gasteiger partial charge < -0.3 is 39.8 Å². The molecule has 7 rings (SSSR count). The van der Waals surface area contributed by atoms with Crippen LogP contribution in [0.2, 0.25) is 5.02 Å². The molecule has 1 atom stereocenters. The SMILES string of the molecule is C[C@H]1COCCN1c1cc(NC(=O)Cn2cc(-c3cc(C(N)=O)c(O)c4c3OCO4)c3c(=O)n4c(nc32)CCC4)c(Cl)cn1. The molecule has 228 valence electrons. The molecule has 44 heavy (non-hydrogen) atoms. The van der Waals surface area contributed by atoms with Crippen LogP contribution < -0.4 is 31.0 Å². The van der Waals surface area contributed by atoms with Crippen LogP contribution in [0.4, 0.5) is 11.5 Å². The number of fused-ring (bicyclic) bond motifs is 3. The van der Waals surface area contributed by atoms with Crippen LogP contribution in [0.15, 0.2) is 29.3 Å². The molecule has 14 nitrogen and oxygen atoms in total. The summed E-state index contributed by atoms with van der Waals surface area (Å²) >= 11 is 6.42. The summed E-state index contributed by atoms with van der Waals surface area (Å²) < 4.78 is 19.8. The topological polar surface area (TPSA) is 176 Å². The number of anilines is 2. The van der Waals surface area contributed by atoms with E-state index < -0.39 is 17.6 Å². The lowest BCUT2D eigenvalue weighted by atomic mass is 10.00. The predicted molar refractivity (Wildman–Crippen MR) is 160 cm³/mol. The van der Waals surface area contributed by atoms with Crippen molar-refractivity contribution in [1.82, 2.24) is 19.1 Å². The van der Waals surface area contributed by atoms with E-state index in [9.17, 15) is 19.5 Å². The number of primary amides is 1. The molecule has 2 amide bonds. The first-order valence-corrected chi connectivity index (χ1v) is 14.5. The Morgan fingerprint density at radius 1 is 1.20 bits per heavy atom. The first-order valence-electron chi connectivity index (χ1n) is 14.1. The van der Waals surface area contributed by atoms with Crippen molar-refractivity contribution >= 4 is 46.0 Å². The Morgan fingerprint density at radius 3 is 2.82 bits per heavy atom. The number of phenols is 1. The molecule has 1 aromatic carbocycles. The molecule has 15 heteroatoms. The molecular weight excluding hydrogens is 594 g/mol. The van der Waals surface area contributed by atoms with Crippen LogP contribution in [-0.2, 0) is 29.0 Å². The molecule has 0 spiro atoms. The average molecular weight is 622 g/mol. The number of carbonyl (C=O) groups excluding carboxylic acids is 2. The standard InChI is InChI=1S/C29H28ClN7O7/c1-14-12-42-6-5-36(14)21-8-19(18(30)9-32-21)33-22(38)11-35-10-17(23-28(35)34-20-3-2-4-37(20)29(23)41)15-7-16(27(31)40)24(39)26-25(15)43-13-44-26/h7-10,14,39H,2-6,11-13H2,1H3,(H2,31,40)(H,32,33,38)/t14-/m0/s1. The number of nitrogens with one attached hydrogen (secondary N) is 1. The zero-order valence-corrected chi connectivity index (χ0v) is 24.4. The van der Waals surface area contributed by atoms with Crippen molar-refractivity contribution in [3.8, 4) is 28.4 Å². The van der Waals surface area contributed by atoms with Gasteiger partial charge in [-0.3, -0.25) is 19.0 Å². The first kappa shape index (κ1) is 28.0. The molecule has 6 heterocycles. The van der Waals surface area contributed by atoms with E-state index in [4.69, 9.17) is 36.5 Å². The number of aromatic hydroxyl groups is 1. The maximum Gasteiger partial charge on any atom is 0.263 e. The van der Waals surface area contributed by atoms with E-state index in [2.05, 4.69) is 15.2 Å². The Morgan fingerprint density at radius 2 is 2.02 bits per heavy atom. The minimum Gasteiger partial charge on any atom is -0.504 e. The number of hydrogen-bond acceptors (Lipinski definition) is 10. The van der Waals surface area contributed by atoms with Crippen molar-refractivity contribution in [2.24, 2.45) is 5.73 Å². The summed E-state index contributed by atoms with van der Waals surface area (Å²) in [4.78, 5) is 50.8. The maximum atomic E-state index is 13.8. The van der Waals surface area contributed by atoms with Gasteiger partial charge in [-0.1, -0.05) is 11.6 Å². The van der Waals surface area contributed by atoms with E-state index in [0.29, 0.717) is 66.8 Å². The number of halogens is 1. The van der Waals surface area contributed by atoms with Crippen molar-refractivity contribution in [3.63, 3.8) is 0 Å². The summed E-state index contributed by atoms with van der Waals surface area (Å²) in [5.41, 5.74) is 6.37. The number of hydrogen-bond donors (Lipinski definition) is 3. The molecule has 4 N–H and O–H groups in total. The first-order chi connectivity index (χ1) is 21.2. The number of carbonyl (C=O) groups is 2. The number of amides is 2. The van der Waals surface area contributed by atoms with Crippen LogP contribution in [-0.4, -0.2) is 68.6 Å². The van der Waals surface area contributed by atoms with Crippen molar-refractivity contribution in [3.05, 3.63) is 51.3 Å². The number of morpholine rings is 1. The number of ether oxygens (including phenoxy) is 3. The van der Waals surface area contributed by atoms with Crippen molar-refractivity contribution in [2.45, 2.75) is 38.9 Å². The fourth-order valence-corrected chi connectivity index (χ4v) is 6.14. The maximum absolute atomic E-state index is 13.8. The third-order valence-corrected chi connectivity index (χ3v) is 8.40. The number of benzene rings is 1. The second-order valence-corrected chi connectivity index (χ2v) is 11.3. The third kappa shape index (κ3) is 4.57. The monoisotopic (exact) mass is 621 g/mol. The lowest BCUT2D eigenvalue weighted by Crippen LogP contribution is -2.44. The highest BCUT2D eigenvalue weighted by Crippen LogP contribution is 2.50. The molecule has 3 aliphatic heterocycles. The van der Waals surface area contributed by atoms with Crippen molar-refractivity contribution in [2.75, 3.05) is 36.8 Å². The zero-order valence-electron chi connectivity index (χ0n) is 23.6. The lowest BCUT2D eigenvalue weighted by Gasteiger charge is -2.34. The van der Waals surface area contributed by atoms with Crippen LogP contribution in [0, 0.1) is 0 Å². The van der Waals surface area contributed by atoms with Gasteiger partial charge in [-0.25, -0.2) is 9.97 Å². The number of nitrogens with zero attached hydrogens (tertiary/aromatic N) is 5. The molecule has 0 bridgehead atoms. The Kier molecular flexibility index (Phi) is 6.81. The molecule has 0 unspecified atom stereocenters. The van der Waals surface area contributed by atoms with Crippen LogP contribution in [0.25, 0.3) is 22.2 Å². The summed E-state index contributed by atoms with van der Waals surface area (Å²) in [6, 6.07) is 3.18. The van der Waals surface area contributed by atoms with Crippen molar-refractivity contribution in [1.29, 1.82) is 0 Å². The van der Waals surface area contributed by atoms with Gasteiger partial charge in [-0.15, -0.1) is 0 Å². The second kappa shape index (κ2) is 10.7. The summed E-state index contributed by atoms with van der Waals surface area (Å²) in [7, 11) is 0. The van der Waals surface area contributed by atoms with E-state index >= 15 is 0 Å². The van der Waals surface area contributed by atoms with E-state index in [1.54, 1.807) is 21.4 Å². The minimum atomic E-state index is -0.888.